The van der Waals surface area contributed by atoms with E-state index in [-0.39, 0.29) is 11.9 Å². The van der Waals surface area contributed by atoms with E-state index >= 15 is 0 Å². The number of carbonyl (C=O) groups is 1. The van der Waals surface area contributed by atoms with Crippen LogP contribution in [0.2, 0.25) is 0 Å². The van der Waals surface area contributed by atoms with E-state index in [0.29, 0.717) is 12.0 Å². The first-order valence-corrected chi connectivity index (χ1v) is 9.73. The summed E-state index contributed by atoms with van der Waals surface area (Å²) in [7, 11) is 0. The number of amides is 1. The third kappa shape index (κ3) is 2.99. The highest BCUT2D eigenvalue weighted by molar-refractivity contribution is 5.81. The Bertz CT molecular complexity index is 614. The summed E-state index contributed by atoms with van der Waals surface area (Å²) in [4.78, 5) is 15.1. The van der Waals surface area contributed by atoms with Gasteiger partial charge in [-0.2, -0.15) is 0 Å². The summed E-state index contributed by atoms with van der Waals surface area (Å²) in [6.45, 7) is 6.17. The molecule has 0 saturated heterocycles. The predicted octanol–water partition coefficient (Wildman–Crippen LogP) is 3.37. The van der Waals surface area contributed by atoms with Crippen molar-refractivity contribution >= 4 is 5.91 Å². The largest absolute Gasteiger partial charge is 0.352 e. The Morgan fingerprint density at radius 1 is 1.17 bits per heavy atom. The molecule has 3 aliphatic rings. The number of hydrogen-bond acceptors (Lipinski definition) is 2. The molecular formula is C21H30N2O. The van der Waals surface area contributed by atoms with Gasteiger partial charge in [0.05, 0.1) is 6.04 Å². The molecule has 0 radical (unpaired) electrons. The molecule has 1 heterocycles. The molecule has 1 aromatic carbocycles. The summed E-state index contributed by atoms with van der Waals surface area (Å²) in [5.74, 6) is 2.73. The molecule has 0 spiro atoms. The van der Waals surface area contributed by atoms with Gasteiger partial charge in [-0.1, -0.05) is 30.7 Å². The SMILES string of the molecule is CC(NC(=O)C(C)N1CCc2ccccc2C1)C1CC2CCC1C2. The van der Waals surface area contributed by atoms with Crippen LogP contribution in [0.25, 0.3) is 0 Å². The first kappa shape index (κ1) is 16.1. The zero-order chi connectivity index (χ0) is 16.7. The molecule has 4 rings (SSSR count). The van der Waals surface area contributed by atoms with Gasteiger partial charge in [0, 0.05) is 19.1 Å². The second-order valence-corrected chi connectivity index (χ2v) is 8.30. The normalized spacial score (nSPS) is 31.5. The Labute approximate surface area is 145 Å². The van der Waals surface area contributed by atoms with E-state index in [0.717, 1.165) is 31.3 Å². The van der Waals surface area contributed by atoms with Gasteiger partial charge in [-0.3, -0.25) is 9.69 Å². The molecular weight excluding hydrogens is 296 g/mol. The molecule has 130 valence electrons. The van der Waals surface area contributed by atoms with Gasteiger partial charge in [0.1, 0.15) is 0 Å². The van der Waals surface area contributed by atoms with Crippen LogP contribution < -0.4 is 5.32 Å². The fraction of sp³-hybridized carbons (Fsp3) is 0.667. The van der Waals surface area contributed by atoms with Crippen LogP contribution in [0.3, 0.4) is 0 Å². The molecule has 2 aliphatic carbocycles. The predicted molar refractivity (Wildman–Crippen MR) is 96.6 cm³/mol. The summed E-state index contributed by atoms with van der Waals surface area (Å²) in [5, 5.41) is 3.35. The Hall–Kier alpha value is -1.35. The first-order chi connectivity index (χ1) is 11.6. The van der Waals surface area contributed by atoms with E-state index in [1.165, 1.54) is 36.8 Å². The van der Waals surface area contributed by atoms with E-state index in [1.807, 2.05) is 0 Å². The lowest BCUT2D eigenvalue weighted by molar-refractivity contribution is -0.127. The van der Waals surface area contributed by atoms with Crippen molar-refractivity contribution in [1.29, 1.82) is 0 Å². The first-order valence-electron chi connectivity index (χ1n) is 9.73. The molecule has 1 aliphatic heterocycles. The number of benzene rings is 1. The van der Waals surface area contributed by atoms with E-state index in [2.05, 4.69) is 48.3 Å². The van der Waals surface area contributed by atoms with E-state index < -0.39 is 0 Å². The third-order valence-corrected chi connectivity index (χ3v) is 6.89. The molecule has 2 saturated carbocycles. The lowest BCUT2D eigenvalue weighted by Crippen LogP contribution is -2.50. The van der Waals surface area contributed by atoms with Gasteiger partial charge in [0.2, 0.25) is 5.91 Å². The topological polar surface area (TPSA) is 32.3 Å². The zero-order valence-corrected chi connectivity index (χ0v) is 15.0. The van der Waals surface area contributed by atoms with E-state index in [1.54, 1.807) is 0 Å². The molecule has 5 atom stereocenters. The summed E-state index contributed by atoms with van der Waals surface area (Å²) in [6, 6.07) is 8.91. The summed E-state index contributed by atoms with van der Waals surface area (Å²) < 4.78 is 0. The molecule has 2 bridgehead atoms. The molecule has 5 unspecified atom stereocenters. The highest BCUT2D eigenvalue weighted by atomic mass is 16.2. The van der Waals surface area contributed by atoms with Crippen LogP contribution in [0.1, 0.15) is 50.7 Å². The highest BCUT2D eigenvalue weighted by Crippen LogP contribution is 2.49. The maximum absolute atomic E-state index is 12.8. The van der Waals surface area contributed by atoms with Crippen LogP contribution in [-0.4, -0.2) is 29.4 Å². The standard InChI is InChI=1S/C21H30N2O/c1-14(20-12-16-7-8-18(20)11-16)22-21(24)15(2)23-10-9-17-5-3-4-6-19(17)13-23/h3-6,14-16,18,20H,7-13H2,1-2H3,(H,22,24). The Balaban J connectivity index is 1.35. The molecule has 1 amide bonds. The number of carbonyl (C=O) groups excluding carboxylic acids is 1. The van der Waals surface area contributed by atoms with Crippen LogP contribution >= 0.6 is 0 Å². The van der Waals surface area contributed by atoms with Crippen molar-refractivity contribution in [2.75, 3.05) is 6.54 Å². The quantitative estimate of drug-likeness (QED) is 0.920. The number of rotatable bonds is 4. The number of fused-ring (bicyclic) bond motifs is 3. The second kappa shape index (κ2) is 6.51. The van der Waals surface area contributed by atoms with Gasteiger partial charge in [-0.25, -0.2) is 0 Å². The number of nitrogens with one attached hydrogen (secondary N) is 1. The minimum Gasteiger partial charge on any atom is -0.352 e. The maximum Gasteiger partial charge on any atom is 0.237 e. The van der Waals surface area contributed by atoms with Crippen molar-refractivity contribution in [3.05, 3.63) is 35.4 Å². The molecule has 2 fully saturated rings. The fourth-order valence-corrected chi connectivity index (χ4v) is 5.37. The smallest absolute Gasteiger partial charge is 0.237 e. The van der Waals surface area contributed by atoms with Crippen molar-refractivity contribution in [1.82, 2.24) is 10.2 Å². The molecule has 3 nitrogen and oxygen atoms in total. The molecule has 1 N–H and O–H groups in total. The van der Waals surface area contributed by atoms with Gasteiger partial charge < -0.3 is 5.32 Å². The minimum absolute atomic E-state index is 0.0422. The van der Waals surface area contributed by atoms with Crippen LogP contribution in [0.5, 0.6) is 0 Å². The summed E-state index contributed by atoms with van der Waals surface area (Å²) in [6.07, 6.45) is 6.59. The van der Waals surface area contributed by atoms with Crippen LogP contribution in [0, 0.1) is 17.8 Å². The van der Waals surface area contributed by atoms with Gasteiger partial charge in [-0.15, -0.1) is 0 Å². The average molecular weight is 326 g/mol. The Morgan fingerprint density at radius 2 is 1.96 bits per heavy atom. The Morgan fingerprint density at radius 3 is 2.67 bits per heavy atom. The van der Waals surface area contributed by atoms with Crippen molar-refractivity contribution in [2.45, 2.75) is 64.6 Å². The van der Waals surface area contributed by atoms with E-state index in [4.69, 9.17) is 0 Å². The molecule has 0 aromatic heterocycles. The molecule has 3 heteroatoms. The van der Waals surface area contributed by atoms with Gasteiger partial charge >= 0.3 is 0 Å². The lowest BCUT2D eigenvalue weighted by Gasteiger charge is -2.35. The van der Waals surface area contributed by atoms with Gasteiger partial charge in [0.25, 0.3) is 0 Å². The Kier molecular flexibility index (Phi) is 4.38. The van der Waals surface area contributed by atoms with Crippen LogP contribution in [0.15, 0.2) is 24.3 Å². The van der Waals surface area contributed by atoms with Crippen molar-refractivity contribution in [3.8, 4) is 0 Å². The van der Waals surface area contributed by atoms with Crippen LogP contribution in [0.4, 0.5) is 0 Å². The average Bonchev–Trinajstić information content (AvgIpc) is 3.24. The maximum atomic E-state index is 12.8. The van der Waals surface area contributed by atoms with Crippen molar-refractivity contribution in [3.63, 3.8) is 0 Å². The second-order valence-electron chi connectivity index (χ2n) is 8.30. The summed E-state index contributed by atoms with van der Waals surface area (Å²) >= 11 is 0. The highest BCUT2D eigenvalue weighted by Gasteiger charge is 2.42. The zero-order valence-electron chi connectivity index (χ0n) is 15.0. The fourth-order valence-electron chi connectivity index (χ4n) is 5.37. The molecule has 1 aromatic rings. The lowest BCUT2D eigenvalue weighted by atomic mass is 9.84. The third-order valence-electron chi connectivity index (χ3n) is 6.89. The van der Waals surface area contributed by atoms with Gasteiger partial charge in [0.15, 0.2) is 0 Å². The van der Waals surface area contributed by atoms with E-state index in [9.17, 15) is 4.79 Å². The number of hydrogen-bond donors (Lipinski definition) is 1. The monoisotopic (exact) mass is 326 g/mol. The minimum atomic E-state index is -0.0422. The van der Waals surface area contributed by atoms with Gasteiger partial charge in [-0.05, 0) is 68.4 Å². The summed E-state index contributed by atoms with van der Waals surface area (Å²) in [5.41, 5.74) is 2.82. The van der Waals surface area contributed by atoms with Crippen molar-refractivity contribution < 1.29 is 4.79 Å². The number of nitrogens with zero attached hydrogens (tertiary/aromatic N) is 1. The van der Waals surface area contributed by atoms with Crippen molar-refractivity contribution in [2.24, 2.45) is 17.8 Å². The molecule has 24 heavy (non-hydrogen) atoms. The van der Waals surface area contributed by atoms with Crippen LogP contribution in [-0.2, 0) is 17.8 Å².